The zero-order chi connectivity index (χ0) is 25.1. The van der Waals surface area contributed by atoms with Crippen LogP contribution in [0.4, 0.5) is 0 Å². The molecule has 6 nitrogen and oxygen atoms in total. The number of allylic oxidation sites excluding steroid dienone is 4. The summed E-state index contributed by atoms with van der Waals surface area (Å²) >= 11 is 0. The predicted molar refractivity (Wildman–Crippen MR) is 128 cm³/mol. The Hall–Kier alpha value is -2.24. The summed E-state index contributed by atoms with van der Waals surface area (Å²) in [4.78, 5) is 50.8. The van der Waals surface area contributed by atoms with Gasteiger partial charge in [0.1, 0.15) is 0 Å². The van der Waals surface area contributed by atoms with Crippen LogP contribution in [0.15, 0.2) is 24.3 Å². The molecule has 0 unspecified atom stereocenters. The van der Waals surface area contributed by atoms with E-state index in [1.165, 1.54) is 0 Å². The minimum Gasteiger partial charge on any atom is -0.393 e. The van der Waals surface area contributed by atoms with Crippen LogP contribution in [0, 0.1) is 41.4 Å². The van der Waals surface area contributed by atoms with E-state index < -0.39 is 47.5 Å². The van der Waals surface area contributed by atoms with Gasteiger partial charge in [0.15, 0.2) is 0 Å². The van der Waals surface area contributed by atoms with Crippen LogP contribution in [-0.2, 0) is 28.7 Å². The maximum atomic E-state index is 12.8. The van der Waals surface area contributed by atoms with E-state index in [2.05, 4.69) is 0 Å². The van der Waals surface area contributed by atoms with Crippen LogP contribution in [0.25, 0.3) is 0 Å². The van der Waals surface area contributed by atoms with E-state index in [0.29, 0.717) is 32.1 Å². The van der Waals surface area contributed by atoms with Gasteiger partial charge in [-0.05, 0) is 49.9 Å². The third-order valence-electron chi connectivity index (χ3n) is 6.47. The van der Waals surface area contributed by atoms with Gasteiger partial charge in [-0.3, -0.25) is 19.2 Å². The first-order valence-electron chi connectivity index (χ1n) is 12.3. The fraction of sp³-hybridized carbons (Fsp3) is 0.704. The molecular formula is C27H42O6. The smallest absolute Gasteiger partial charge is 0.317 e. The van der Waals surface area contributed by atoms with Gasteiger partial charge in [-0.25, -0.2) is 0 Å². The first-order valence-corrected chi connectivity index (χ1v) is 12.3. The largest absolute Gasteiger partial charge is 0.393 e. The van der Waals surface area contributed by atoms with Gasteiger partial charge in [-0.2, -0.15) is 0 Å². The molecule has 0 bridgehead atoms. The summed E-state index contributed by atoms with van der Waals surface area (Å²) in [5.74, 6) is -3.82. The van der Waals surface area contributed by atoms with Crippen molar-refractivity contribution in [1.29, 1.82) is 0 Å². The molecule has 0 N–H and O–H groups in total. The number of ether oxygens (including phenoxy) is 2. The van der Waals surface area contributed by atoms with Crippen molar-refractivity contribution < 1.29 is 28.7 Å². The number of cyclic esters (lactones) is 4. The van der Waals surface area contributed by atoms with Crippen molar-refractivity contribution in [3.63, 3.8) is 0 Å². The Balaban J connectivity index is 3.20. The van der Waals surface area contributed by atoms with E-state index in [4.69, 9.17) is 9.47 Å². The maximum Gasteiger partial charge on any atom is 0.317 e. The van der Waals surface area contributed by atoms with Crippen LogP contribution in [0.5, 0.6) is 0 Å². The van der Waals surface area contributed by atoms with Crippen molar-refractivity contribution in [3.05, 3.63) is 24.3 Å². The third-order valence-corrected chi connectivity index (χ3v) is 6.47. The van der Waals surface area contributed by atoms with Crippen molar-refractivity contribution in [2.75, 3.05) is 0 Å². The van der Waals surface area contributed by atoms with Crippen molar-refractivity contribution in [3.8, 4) is 0 Å². The molecule has 0 amide bonds. The highest BCUT2D eigenvalue weighted by Crippen LogP contribution is 2.25. The number of hydrogen-bond donors (Lipinski definition) is 0. The molecule has 1 aliphatic rings. The lowest BCUT2D eigenvalue weighted by molar-refractivity contribution is -0.168. The van der Waals surface area contributed by atoms with Gasteiger partial charge in [0.25, 0.3) is 0 Å². The molecule has 1 heterocycles. The van der Waals surface area contributed by atoms with Crippen LogP contribution in [-0.4, -0.2) is 23.9 Å². The Bertz CT molecular complexity index is 731. The number of carbonyl (C=O) groups is 4. The summed E-state index contributed by atoms with van der Waals surface area (Å²) in [5.41, 5.74) is 0. The predicted octanol–water partition coefficient (Wildman–Crippen LogP) is 5.66. The second kappa shape index (κ2) is 14.1. The molecular weight excluding hydrogens is 420 g/mol. The topological polar surface area (TPSA) is 86.7 Å². The van der Waals surface area contributed by atoms with E-state index in [1.807, 2.05) is 72.8 Å². The normalized spacial score (nSPS) is 27.0. The lowest BCUT2D eigenvalue weighted by Gasteiger charge is -2.22. The number of hydrogen-bond acceptors (Lipinski definition) is 6. The van der Waals surface area contributed by atoms with E-state index in [0.717, 1.165) is 0 Å². The zero-order valence-electron chi connectivity index (χ0n) is 21.3. The van der Waals surface area contributed by atoms with E-state index in [9.17, 15) is 19.2 Å². The number of rotatable bonds is 4. The highest BCUT2D eigenvalue weighted by Gasteiger charge is 2.31. The van der Waals surface area contributed by atoms with Crippen molar-refractivity contribution >= 4 is 23.9 Å². The molecule has 0 saturated carbocycles. The zero-order valence-corrected chi connectivity index (χ0v) is 21.3. The van der Waals surface area contributed by atoms with Gasteiger partial charge in [0.2, 0.25) is 0 Å². The molecule has 0 saturated heterocycles. The van der Waals surface area contributed by atoms with E-state index >= 15 is 0 Å². The minimum absolute atomic E-state index is 0.00281. The molecule has 0 aliphatic carbocycles. The van der Waals surface area contributed by atoms with Gasteiger partial charge in [-0.15, -0.1) is 0 Å². The Morgan fingerprint density at radius 3 is 1.21 bits per heavy atom. The summed E-state index contributed by atoms with van der Waals surface area (Å²) in [6, 6.07) is 0. The Morgan fingerprint density at radius 1 is 0.606 bits per heavy atom. The SMILES string of the molecule is CC[C@H]1CC=CC[C@H](C(C)C)C(=O)OC(=O)[C@@H](C(C)C)CC=CC[C@H](C(C)C)C(=O)OC1=O. The molecule has 186 valence electrons. The molecule has 0 aromatic heterocycles. The average molecular weight is 463 g/mol. The molecule has 0 fully saturated rings. The first kappa shape index (κ1) is 28.8. The first-order chi connectivity index (χ1) is 15.5. The molecule has 0 aromatic rings. The Labute approximate surface area is 199 Å². The summed E-state index contributed by atoms with van der Waals surface area (Å²) in [6.07, 6.45) is 9.58. The molecule has 0 spiro atoms. The second-order valence-electron chi connectivity index (χ2n) is 10.0. The molecule has 33 heavy (non-hydrogen) atoms. The van der Waals surface area contributed by atoms with Crippen LogP contribution in [0.1, 0.15) is 80.6 Å². The highest BCUT2D eigenvalue weighted by atomic mass is 16.6. The lowest BCUT2D eigenvalue weighted by atomic mass is 9.89. The van der Waals surface area contributed by atoms with Gasteiger partial charge in [0, 0.05) is 0 Å². The fourth-order valence-electron chi connectivity index (χ4n) is 3.85. The van der Waals surface area contributed by atoms with Gasteiger partial charge >= 0.3 is 23.9 Å². The molecule has 1 rings (SSSR count). The average Bonchev–Trinajstić information content (AvgIpc) is 2.71. The second-order valence-corrected chi connectivity index (χ2v) is 10.0. The van der Waals surface area contributed by atoms with Gasteiger partial charge < -0.3 is 9.47 Å². The molecule has 1 aliphatic heterocycles. The Morgan fingerprint density at radius 2 is 0.909 bits per heavy atom. The van der Waals surface area contributed by atoms with Crippen LogP contribution < -0.4 is 0 Å². The van der Waals surface area contributed by atoms with Gasteiger partial charge in [-0.1, -0.05) is 72.8 Å². The summed E-state index contributed by atoms with van der Waals surface area (Å²) < 4.78 is 10.6. The van der Waals surface area contributed by atoms with Crippen molar-refractivity contribution in [2.24, 2.45) is 41.4 Å². The van der Waals surface area contributed by atoms with E-state index in [-0.39, 0.29) is 17.8 Å². The van der Waals surface area contributed by atoms with Crippen molar-refractivity contribution in [2.45, 2.75) is 80.6 Å². The molecule has 6 heteroatoms. The number of carbonyl (C=O) groups excluding carboxylic acids is 4. The standard InChI is InChI=1S/C27H42O6/c1-8-20-13-9-10-14-22(18(4)5)26(30)33-27(31)23(19(6)7)16-12-11-15-21(17(2)3)25(29)32-24(20)28/h9-12,17-23H,8,13-16H2,1-7H3/t20-,21+,22+,23+/m0/s1. The van der Waals surface area contributed by atoms with Crippen LogP contribution >= 0.6 is 0 Å². The lowest BCUT2D eigenvalue weighted by Crippen LogP contribution is -2.30. The maximum absolute atomic E-state index is 12.8. The number of esters is 4. The monoisotopic (exact) mass is 462 g/mol. The summed E-state index contributed by atoms with van der Waals surface area (Å²) in [7, 11) is 0. The van der Waals surface area contributed by atoms with Gasteiger partial charge in [0.05, 0.1) is 23.7 Å². The third kappa shape index (κ3) is 9.26. The Kier molecular flexibility index (Phi) is 12.3. The molecule has 0 radical (unpaired) electrons. The molecule has 0 aromatic carbocycles. The molecule has 4 atom stereocenters. The van der Waals surface area contributed by atoms with Crippen molar-refractivity contribution in [1.82, 2.24) is 0 Å². The quantitative estimate of drug-likeness (QED) is 0.305. The fourth-order valence-corrected chi connectivity index (χ4v) is 3.85. The summed E-state index contributed by atoms with van der Waals surface area (Å²) in [6.45, 7) is 13.4. The minimum atomic E-state index is -0.508. The highest BCUT2D eigenvalue weighted by molar-refractivity contribution is 5.89. The van der Waals surface area contributed by atoms with Crippen LogP contribution in [0.3, 0.4) is 0 Å². The van der Waals surface area contributed by atoms with E-state index in [1.54, 1.807) is 0 Å². The summed E-state index contributed by atoms with van der Waals surface area (Å²) in [5, 5.41) is 0. The van der Waals surface area contributed by atoms with Crippen LogP contribution in [0.2, 0.25) is 0 Å².